The van der Waals surface area contributed by atoms with E-state index in [9.17, 15) is 35.9 Å². The number of hydrogen-bond donors (Lipinski definition) is 0. The van der Waals surface area contributed by atoms with Crippen LogP contribution in [0, 0.1) is 10.8 Å². The first-order valence-electron chi connectivity index (χ1n) is 15.1. The van der Waals surface area contributed by atoms with Crippen LogP contribution in [0.5, 0.6) is 0 Å². The number of piperidine rings is 1. The molecule has 3 aliphatic heterocycles. The van der Waals surface area contributed by atoms with Crippen LogP contribution >= 0.6 is 0 Å². The summed E-state index contributed by atoms with van der Waals surface area (Å²) in [5.41, 5.74) is -3.12. The highest BCUT2D eigenvalue weighted by atomic mass is 19.4. The highest BCUT2D eigenvalue weighted by molar-refractivity contribution is 5.95. The van der Waals surface area contributed by atoms with E-state index in [1.807, 2.05) is 56.0 Å². The lowest BCUT2D eigenvalue weighted by Gasteiger charge is -2.43. The van der Waals surface area contributed by atoms with Crippen molar-refractivity contribution in [1.82, 2.24) is 14.7 Å². The van der Waals surface area contributed by atoms with E-state index in [-0.39, 0.29) is 30.0 Å². The number of carbonyl (C=O) groups excluding carboxylic acids is 2. The monoisotopic (exact) mass is 623 g/mol. The Morgan fingerprint density at radius 2 is 1.45 bits per heavy atom. The molecule has 2 amide bonds. The Labute approximate surface area is 254 Å². The lowest BCUT2D eigenvalue weighted by molar-refractivity contribution is -0.143. The molecule has 0 N–H and O–H groups in total. The van der Waals surface area contributed by atoms with Gasteiger partial charge in [-0.3, -0.25) is 14.5 Å². The number of nitrogens with zero attached hydrogens (tertiary/aromatic N) is 3. The zero-order chi connectivity index (χ0) is 32.1. The zero-order valence-electron chi connectivity index (χ0n) is 25.3. The van der Waals surface area contributed by atoms with Crippen LogP contribution in [-0.2, 0) is 23.6 Å². The Hall–Kier alpha value is -3.08. The maximum absolute atomic E-state index is 13.7. The summed E-state index contributed by atoms with van der Waals surface area (Å²) in [5, 5.41) is 0. The Morgan fingerprint density at radius 1 is 0.841 bits per heavy atom. The van der Waals surface area contributed by atoms with Crippen LogP contribution in [0.15, 0.2) is 48.5 Å². The Bertz CT molecular complexity index is 1340. The predicted molar refractivity (Wildman–Crippen MR) is 154 cm³/mol. The number of halogens is 6. The lowest BCUT2D eigenvalue weighted by Crippen LogP contribution is -2.52. The molecule has 5 rings (SSSR count). The Kier molecular flexibility index (Phi) is 8.59. The number of alkyl halides is 6. The van der Waals surface area contributed by atoms with Gasteiger partial charge in [-0.25, -0.2) is 0 Å². The van der Waals surface area contributed by atoms with Crippen molar-refractivity contribution in [3.05, 3.63) is 70.8 Å². The molecule has 0 saturated carbocycles. The van der Waals surface area contributed by atoms with Gasteiger partial charge in [0.2, 0.25) is 5.91 Å². The third-order valence-corrected chi connectivity index (χ3v) is 9.45. The maximum atomic E-state index is 13.7. The number of likely N-dealkylation sites (tertiary alicyclic amines) is 3. The van der Waals surface area contributed by atoms with Gasteiger partial charge in [-0.1, -0.05) is 51.1 Å². The third kappa shape index (κ3) is 6.92. The minimum Gasteiger partial charge on any atom is -0.342 e. The van der Waals surface area contributed by atoms with Crippen LogP contribution in [0.25, 0.3) is 0 Å². The van der Waals surface area contributed by atoms with E-state index < -0.39 is 46.4 Å². The predicted octanol–water partition coefficient (Wildman–Crippen LogP) is 6.91. The van der Waals surface area contributed by atoms with E-state index >= 15 is 0 Å². The van der Waals surface area contributed by atoms with Gasteiger partial charge in [0.05, 0.1) is 11.1 Å². The van der Waals surface area contributed by atoms with Crippen molar-refractivity contribution >= 4 is 11.8 Å². The fraction of sp³-hybridized carbons (Fsp3) is 0.576. The average molecular weight is 624 g/mol. The van der Waals surface area contributed by atoms with Gasteiger partial charge >= 0.3 is 12.4 Å². The molecular weight excluding hydrogens is 584 g/mol. The van der Waals surface area contributed by atoms with Crippen LogP contribution in [0.3, 0.4) is 0 Å². The van der Waals surface area contributed by atoms with Gasteiger partial charge in [-0.05, 0) is 62.4 Å². The van der Waals surface area contributed by atoms with Crippen LogP contribution in [0.2, 0.25) is 0 Å². The molecule has 3 unspecified atom stereocenters. The number of amides is 2. The van der Waals surface area contributed by atoms with Crippen molar-refractivity contribution < 1.29 is 35.9 Å². The molecule has 44 heavy (non-hydrogen) atoms. The second-order valence-corrected chi connectivity index (χ2v) is 13.8. The Balaban J connectivity index is 1.37. The van der Waals surface area contributed by atoms with Crippen molar-refractivity contribution in [3.63, 3.8) is 0 Å². The summed E-state index contributed by atoms with van der Waals surface area (Å²) in [5.74, 6) is -0.683. The smallest absolute Gasteiger partial charge is 0.342 e. The quantitative estimate of drug-likeness (QED) is 0.348. The SMILES string of the molecule is CC(C)(C)C(=O)N1CCC2(CCN(C3CCN(C(=O)c4cc(C(F)(F)F)cc(C(F)(F)F)c4)C(Cc4ccccc4)C3)C2)C1. The molecule has 240 valence electrons. The van der Waals surface area contributed by atoms with Crippen LogP contribution < -0.4 is 0 Å². The van der Waals surface area contributed by atoms with Gasteiger partial charge < -0.3 is 9.80 Å². The largest absolute Gasteiger partial charge is 0.416 e. The van der Waals surface area contributed by atoms with E-state index in [4.69, 9.17) is 0 Å². The van der Waals surface area contributed by atoms with E-state index in [1.54, 1.807) is 0 Å². The molecule has 3 atom stereocenters. The highest BCUT2D eigenvalue weighted by Crippen LogP contribution is 2.43. The molecule has 1 spiro atoms. The summed E-state index contributed by atoms with van der Waals surface area (Å²) in [7, 11) is 0. The highest BCUT2D eigenvalue weighted by Gasteiger charge is 2.48. The van der Waals surface area contributed by atoms with Gasteiger partial charge in [0.25, 0.3) is 5.91 Å². The lowest BCUT2D eigenvalue weighted by atomic mass is 9.86. The van der Waals surface area contributed by atoms with Crippen molar-refractivity contribution in [2.45, 2.75) is 77.3 Å². The third-order valence-electron chi connectivity index (χ3n) is 9.45. The molecule has 3 aliphatic rings. The second kappa shape index (κ2) is 11.7. The van der Waals surface area contributed by atoms with Gasteiger partial charge in [-0.15, -0.1) is 0 Å². The first-order valence-corrected chi connectivity index (χ1v) is 15.1. The molecular formula is C33H39F6N3O2. The molecule has 0 bridgehead atoms. The van der Waals surface area contributed by atoms with Crippen LogP contribution in [-0.4, -0.2) is 71.3 Å². The molecule has 5 nitrogen and oxygen atoms in total. The van der Waals surface area contributed by atoms with Gasteiger partial charge in [0.1, 0.15) is 0 Å². The number of carbonyl (C=O) groups is 2. The van der Waals surface area contributed by atoms with Crippen molar-refractivity contribution in [2.24, 2.45) is 10.8 Å². The minimum atomic E-state index is -5.04. The van der Waals surface area contributed by atoms with Crippen LogP contribution in [0.4, 0.5) is 26.3 Å². The summed E-state index contributed by atoms with van der Waals surface area (Å²) in [4.78, 5) is 32.5. The standard InChI is InChI=1S/C33H39F6N3O2/c1-30(2,3)29(44)41-14-11-31(21-41)10-13-40(20-31)26-9-12-42(27(19-26)15-22-7-5-4-6-8-22)28(43)23-16-24(32(34,35)36)18-25(17-23)33(37,38)39/h4-8,16-18,26-27H,9-15,19-21H2,1-3H3. The van der Waals surface area contributed by atoms with Crippen molar-refractivity contribution in [3.8, 4) is 0 Å². The van der Waals surface area contributed by atoms with Gasteiger partial charge in [0.15, 0.2) is 0 Å². The van der Waals surface area contributed by atoms with E-state index in [0.717, 1.165) is 38.0 Å². The van der Waals surface area contributed by atoms with E-state index in [0.29, 0.717) is 37.9 Å². The molecule has 0 aliphatic carbocycles. The molecule has 3 heterocycles. The van der Waals surface area contributed by atoms with Crippen LogP contribution in [0.1, 0.15) is 73.5 Å². The second-order valence-electron chi connectivity index (χ2n) is 13.8. The molecule has 3 fully saturated rings. The fourth-order valence-corrected chi connectivity index (χ4v) is 7.15. The number of rotatable bonds is 4. The molecule has 2 aromatic carbocycles. The summed E-state index contributed by atoms with van der Waals surface area (Å²) in [6, 6.07) is 10.2. The number of hydrogen-bond acceptors (Lipinski definition) is 3. The average Bonchev–Trinajstić information content (AvgIpc) is 3.57. The molecule has 0 radical (unpaired) electrons. The minimum absolute atomic E-state index is 0.00875. The number of benzene rings is 2. The van der Waals surface area contributed by atoms with E-state index in [2.05, 4.69) is 4.90 Å². The van der Waals surface area contributed by atoms with E-state index in [1.165, 1.54) is 4.90 Å². The fourth-order valence-electron chi connectivity index (χ4n) is 7.15. The summed E-state index contributed by atoms with van der Waals surface area (Å²) >= 11 is 0. The maximum Gasteiger partial charge on any atom is 0.416 e. The van der Waals surface area contributed by atoms with Gasteiger partial charge in [0, 0.05) is 54.7 Å². The Morgan fingerprint density at radius 3 is 2.05 bits per heavy atom. The topological polar surface area (TPSA) is 43.9 Å². The normalized spacial score (nSPS) is 25.2. The molecule has 3 saturated heterocycles. The first-order chi connectivity index (χ1) is 20.5. The molecule has 2 aromatic rings. The molecule has 0 aromatic heterocycles. The first kappa shape index (κ1) is 32.3. The summed E-state index contributed by atoms with van der Waals surface area (Å²) in [6.45, 7) is 9.09. The zero-order valence-corrected chi connectivity index (χ0v) is 25.3. The van der Waals surface area contributed by atoms with Gasteiger partial charge in [-0.2, -0.15) is 26.3 Å². The van der Waals surface area contributed by atoms with Crippen molar-refractivity contribution in [1.29, 1.82) is 0 Å². The summed E-state index contributed by atoms with van der Waals surface area (Å²) < 4.78 is 81.4. The molecule has 11 heteroatoms. The summed E-state index contributed by atoms with van der Waals surface area (Å²) in [6.07, 6.45) is -6.66. The van der Waals surface area contributed by atoms with Crippen molar-refractivity contribution in [2.75, 3.05) is 32.7 Å².